The van der Waals surface area contributed by atoms with Crippen LogP contribution in [0.25, 0.3) is 0 Å². The molecule has 3 aliphatic rings. The van der Waals surface area contributed by atoms with Gasteiger partial charge in [0.15, 0.2) is 18.9 Å². The summed E-state index contributed by atoms with van der Waals surface area (Å²) < 4.78 is 26.1. The molecule has 0 aromatic rings. The maximum absolute atomic E-state index is 10.2. The van der Waals surface area contributed by atoms with E-state index in [1.165, 1.54) is 0 Å². The molecule has 0 bridgehead atoms. The number of rotatable bonds is 7. The topological polar surface area (TPSA) is 269 Å². The zero-order valence-corrected chi connectivity index (χ0v) is 17.7. The van der Waals surface area contributed by atoms with Gasteiger partial charge in [0.05, 0.1) is 19.8 Å². The van der Waals surface area contributed by atoms with E-state index >= 15 is 0 Å². The van der Waals surface area contributed by atoms with Crippen LogP contribution in [-0.4, -0.2) is 168 Å². The van der Waals surface area contributed by atoms with Gasteiger partial charge in [-0.2, -0.15) is 0 Å². The van der Waals surface area contributed by atoms with Crippen molar-refractivity contribution in [1.29, 1.82) is 0 Å². The summed E-state index contributed by atoms with van der Waals surface area (Å²) in [6.07, 6.45) is -25.0. The molecule has 3 saturated heterocycles. The van der Waals surface area contributed by atoms with Gasteiger partial charge in [0.25, 0.3) is 0 Å². The van der Waals surface area contributed by atoms with E-state index in [-0.39, 0.29) is 0 Å². The predicted molar refractivity (Wildman–Crippen MR) is 101 cm³/mol. The van der Waals surface area contributed by atoms with Gasteiger partial charge in [-0.1, -0.05) is 0 Å². The monoisotopic (exact) mass is 504 g/mol. The summed E-state index contributed by atoms with van der Waals surface area (Å²) in [5.41, 5.74) is 0. The fourth-order valence-electron chi connectivity index (χ4n) is 3.94. The van der Waals surface area contributed by atoms with Crippen LogP contribution in [-0.2, 0) is 23.7 Å². The van der Waals surface area contributed by atoms with Gasteiger partial charge >= 0.3 is 0 Å². The lowest BCUT2D eigenvalue weighted by Gasteiger charge is -2.45. The SMILES string of the molecule is OC[C@H]1O[C@H](OC[C@H]2O[C@H](O[C@@H]3[C@@H](O)[C@H](O)[C@@H](CO)O[C@@H]3O)[C@H](O)[C@@H](O)[C@@H]2O)[C@H](O)[C@@H](O)[C@@H]1O. The average molecular weight is 504 g/mol. The van der Waals surface area contributed by atoms with Crippen LogP contribution in [0.3, 0.4) is 0 Å². The minimum absolute atomic E-state index is 0.616. The van der Waals surface area contributed by atoms with Crippen molar-refractivity contribution in [1.82, 2.24) is 0 Å². The van der Waals surface area contributed by atoms with E-state index in [1.807, 2.05) is 0 Å². The molecule has 0 aromatic carbocycles. The van der Waals surface area contributed by atoms with Crippen molar-refractivity contribution < 1.29 is 79.9 Å². The van der Waals surface area contributed by atoms with Crippen molar-refractivity contribution in [2.24, 2.45) is 0 Å². The normalized spacial score (nSPS) is 52.5. The van der Waals surface area contributed by atoms with E-state index in [0.717, 1.165) is 0 Å². The maximum Gasteiger partial charge on any atom is 0.187 e. The van der Waals surface area contributed by atoms with E-state index in [1.54, 1.807) is 0 Å². The van der Waals surface area contributed by atoms with Crippen molar-refractivity contribution in [3.8, 4) is 0 Å². The number of hydrogen-bond acceptors (Lipinski definition) is 16. The summed E-state index contributed by atoms with van der Waals surface area (Å²) in [5, 5.41) is 109. The maximum atomic E-state index is 10.2. The Morgan fingerprint density at radius 2 is 0.971 bits per heavy atom. The third kappa shape index (κ3) is 5.52. The summed E-state index contributed by atoms with van der Waals surface area (Å²) >= 11 is 0. The molecule has 0 spiro atoms. The highest BCUT2D eigenvalue weighted by molar-refractivity contribution is 4.94. The van der Waals surface area contributed by atoms with Gasteiger partial charge in [-0.05, 0) is 0 Å². The molecular weight excluding hydrogens is 472 g/mol. The Balaban J connectivity index is 1.64. The van der Waals surface area contributed by atoms with Crippen LogP contribution >= 0.6 is 0 Å². The van der Waals surface area contributed by atoms with E-state index in [9.17, 15) is 51.1 Å². The van der Waals surface area contributed by atoms with Crippen LogP contribution in [0.15, 0.2) is 0 Å². The number of ether oxygens (including phenoxy) is 5. The molecule has 0 unspecified atom stereocenters. The van der Waals surface area contributed by atoms with Gasteiger partial charge in [-0.15, -0.1) is 0 Å². The number of aliphatic hydroxyl groups excluding tert-OH is 11. The largest absolute Gasteiger partial charge is 0.394 e. The molecule has 0 aromatic heterocycles. The van der Waals surface area contributed by atoms with Gasteiger partial charge in [-0.3, -0.25) is 0 Å². The molecule has 0 aliphatic carbocycles. The molecule has 16 heteroatoms. The van der Waals surface area contributed by atoms with Crippen molar-refractivity contribution in [3.05, 3.63) is 0 Å². The molecule has 0 saturated carbocycles. The molecule has 200 valence electrons. The standard InChI is InChI=1S/C18H32O16/c19-1-4-8(22)12(26)15(16(29)31-4)34-18-14(28)11(25)9(23)6(33-18)3-30-17-13(27)10(24)7(21)5(2-20)32-17/h4-29H,1-3H2/t4-,5-,6-,7-,8-,9-,10+,11+,12+,13-,14-,15-,16+,17+,18-/m1/s1. The Bertz CT molecular complexity index is 639. The molecule has 0 amide bonds. The van der Waals surface area contributed by atoms with E-state index in [2.05, 4.69) is 0 Å². The van der Waals surface area contributed by atoms with Crippen LogP contribution in [0, 0.1) is 0 Å². The minimum atomic E-state index is -1.88. The first-order valence-corrected chi connectivity index (χ1v) is 10.6. The van der Waals surface area contributed by atoms with Crippen molar-refractivity contribution in [3.63, 3.8) is 0 Å². The summed E-state index contributed by atoms with van der Waals surface area (Å²) in [4.78, 5) is 0. The minimum Gasteiger partial charge on any atom is -0.394 e. The molecule has 3 rings (SSSR count). The summed E-state index contributed by atoms with van der Waals surface area (Å²) in [7, 11) is 0. The van der Waals surface area contributed by atoms with Crippen LogP contribution in [0.2, 0.25) is 0 Å². The Hall–Kier alpha value is -0.640. The lowest BCUT2D eigenvalue weighted by atomic mass is 9.97. The molecule has 0 radical (unpaired) electrons. The van der Waals surface area contributed by atoms with Gasteiger partial charge in [0.1, 0.15) is 73.2 Å². The fourth-order valence-corrected chi connectivity index (χ4v) is 3.94. The van der Waals surface area contributed by atoms with E-state index in [4.69, 9.17) is 28.8 Å². The first-order valence-electron chi connectivity index (χ1n) is 10.6. The highest BCUT2D eigenvalue weighted by Crippen LogP contribution is 2.29. The quantitative estimate of drug-likeness (QED) is 0.154. The van der Waals surface area contributed by atoms with Gasteiger partial charge in [-0.25, -0.2) is 0 Å². The summed E-state index contributed by atoms with van der Waals surface area (Å²) in [5.74, 6) is 0. The van der Waals surface area contributed by atoms with Gasteiger partial charge in [0, 0.05) is 0 Å². The number of hydrogen-bond donors (Lipinski definition) is 11. The van der Waals surface area contributed by atoms with Crippen LogP contribution in [0.4, 0.5) is 0 Å². The first-order chi connectivity index (χ1) is 16.0. The molecule has 3 fully saturated rings. The average Bonchev–Trinajstić information content (AvgIpc) is 2.82. The van der Waals surface area contributed by atoms with E-state index < -0.39 is 112 Å². The highest BCUT2D eigenvalue weighted by Gasteiger charge is 2.51. The first kappa shape index (κ1) is 27.9. The molecule has 34 heavy (non-hydrogen) atoms. The molecule has 3 heterocycles. The molecule has 15 atom stereocenters. The van der Waals surface area contributed by atoms with Crippen LogP contribution < -0.4 is 0 Å². The van der Waals surface area contributed by atoms with Gasteiger partial charge in [0.2, 0.25) is 0 Å². The fraction of sp³-hybridized carbons (Fsp3) is 1.00. The molecular formula is C18H32O16. The molecule has 11 N–H and O–H groups in total. The van der Waals surface area contributed by atoms with Crippen molar-refractivity contribution >= 4 is 0 Å². The second kappa shape index (κ2) is 11.6. The summed E-state index contributed by atoms with van der Waals surface area (Å²) in [6.45, 7) is -2.03. The van der Waals surface area contributed by atoms with Gasteiger partial charge < -0.3 is 79.9 Å². The smallest absolute Gasteiger partial charge is 0.187 e. The predicted octanol–water partition coefficient (Wildman–Crippen LogP) is -7.57. The zero-order valence-electron chi connectivity index (χ0n) is 17.7. The number of aliphatic hydroxyl groups is 11. The van der Waals surface area contributed by atoms with E-state index in [0.29, 0.717) is 0 Å². The second-order valence-corrected chi connectivity index (χ2v) is 8.37. The van der Waals surface area contributed by atoms with Crippen molar-refractivity contribution in [2.45, 2.75) is 92.1 Å². The van der Waals surface area contributed by atoms with Crippen LogP contribution in [0.5, 0.6) is 0 Å². The van der Waals surface area contributed by atoms with Crippen LogP contribution in [0.1, 0.15) is 0 Å². The Morgan fingerprint density at radius 3 is 1.56 bits per heavy atom. The lowest BCUT2D eigenvalue weighted by Crippen LogP contribution is -2.64. The zero-order chi connectivity index (χ0) is 25.3. The third-order valence-electron chi connectivity index (χ3n) is 6.08. The Kier molecular flexibility index (Phi) is 9.54. The lowest BCUT2D eigenvalue weighted by molar-refractivity contribution is -0.367. The highest BCUT2D eigenvalue weighted by atomic mass is 16.7. The third-order valence-corrected chi connectivity index (χ3v) is 6.08. The molecule has 3 aliphatic heterocycles. The second-order valence-electron chi connectivity index (χ2n) is 8.37. The Morgan fingerprint density at radius 1 is 0.500 bits per heavy atom. The molecule has 16 nitrogen and oxygen atoms in total. The summed E-state index contributed by atoms with van der Waals surface area (Å²) in [6, 6.07) is 0. The Labute approximate surface area is 192 Å². The van der Waals surface area contributed by atoms with Crippen molar-refractivity contribution in [2.75, 3.05) is 19.8 Å².